The zero-order chi connectivity index (χ0) is 15.8. The number of aryl methyl sites for hydroxylation is 1. The first kappa shape index (κ1) is 17.2. The molecule has 22 heavy (non-hydrogen) atoms. The maximum atomic E-state index is 4.35. The van der Waals surface area contributed by atoms with E-state index in [-0.39, 0.29) is 0 Å². The van der Waals surface area contributed by atoms with Crippen LogP contribution in [0.1, 0.15) is 38.2 Å². The van der Waals surface area contributed by atoms with Gasteiger partial charge in [0.25, 0.3) is 0 Å². The minimum absolute atomic E-state index is 0.552. The van der Waals surface area contributed by atoms with E-state index in [1.807, 2.05) is 17.9 Å². The van der Waals surface area contributed by atoms with Crippen molar-refractivity contribution in [1.29, 1.82) is 0 Å². The number of hydrogen-bond donors (Lipinski definition) is 2. The van der Waals surface area contributed by atoms with Crippen LogP contribution in [0.15, 0.2) is 17.4 Å². The van der Waals surface area contributed by atoms with Crippen LogP contribution in [0.5, 0.6) is 0 Å². The predicted octanol–water partition coefficient (Wildman–Crippen LogP) is 2.42. The van der Waals surface area contributed by atoms with Crippen molar-refractivity contribution in [3.63, 3.8) is 0 Å². The molecule has 1 aliphatic rings. The number of aromatic nitrogens is 2. The first-order chi connectivity index (χ1) is 10.7. The van der Waals surface area contributed by atoms with Gasteiger partial charge in [-0.05, 0) is 37.5 Å². The fourth-order valence-corrected chi connectivity index (χ4v) is 4.10. The molecule has 1 aromatic rings. The van der Waals surface area contributed by atoms with Gasteiger partial charge >= 0.3 is 0 Å². The molecule has 0 aromatic carbocycles. The SMILES string of the molecule is CCSC1CCCC(NC(=NC)NCCn2cc(C)cn2)C1. The highest BCUT2D eigenvalue weighted by Gasteiger charge is 2.22. The van der Waals surface area contributed by atoms with Crippen molar-refractivity contribution in [3.05, 3.63) is 18.0 Å². The van der Waals surface area contributed by atoms with Gasteiger partial charge in [-0.2, -0.15) is 16.9 Å². The summed E-state index contributed by atoms with van der Waals surface area (Å²) in [5, 5.41) is 12.1. The summed E-state index contributed by atoms with van der Waals surface area (Å²) in [4.78, 5) is 4.35. The van der Waals surface area contributed by atoms with E-state index in [2.05, 4.69) is 52.5 Å². The van der Waals surface area contributed by atoms with Gasteiger partial charge in [0.15, 0.2) is 5.96 Å². The number of thioether (sulfide) groups is 1. The fraction of sp³-hybridized carbons (Fsp3) is 0.750. The number of nitrogens with one attached hydrogen (secondary N) is 2. The average Bonchev–Trinajstić information content (AvgIpc) is 2.92. The van der Waals surface area contributed by atoms with Crippen molar-refractivity contribution in [3.8, 4) is 0 Å². The van der Waals surface area contributed by atoms with E-state index in [0.717, 1.165) is 24.3 Å². The summed E-state index contributed by atoms with van der Waals surface area (Å²) in [6.07, 6.45) is 9.13. The molecule has 0 bridgehead atoms. The minimum Gasteiger partial charge on any atom is -0.355 e. The van der Waals surface area contributed by atoms with Gasteiger partial charge in [-0.25, -0.2) is 0 Å². The molecule has 1 aromatic heterocycles. The highest BCUT2D eigenvalue weighted by molar-refractivity contribution is 7.99. The Hall–Kier alpha value is -1.17. The minimum atomic E-state index is 0.552. The van der Waals surface area contributed by atoms with E-state index in [1.165, 1.54) is 37.0 Å². The molecule has 2 rings (SSSR count). The molecule has 0 radical (unpaired) electrons. The Bertz CT molecular complexity index is 469. The molecular formula is C16H29N5S. The molecule has 0 spiro atoms. The van der Waals surface area contributed by atoms with Crippen LogP contribution in [0.3, 0.4) is 0 Å². The zero-order valence-corrected chi connectivity index (χ0v) is 14.8. The molecule has 6 heteroatoms. The summed E-state index contributed by atoms with van der Waals surface area (Å²) in [5.41, 5.74) is 1.20. The highest BCUT2D eigenvalue weighted by atomic mass is 32.2. The van der Waals surface area contributed by atoms with Crippen molar-refractivity contribution >= 4 is 17.7 Å². The van der Waals surface area contributed by atoms with Crippen molar-refractivity contribution in [2.24, 2.45) is 4.99 Å². The lowest BCUT2D eigenvalue weighted by Crippen LogP contribution is -2.46. The van der Waals surface area contributed by atoms with Crippen LogP contribution in [0.2, 0.25) is 0 Å². The van der Waals surface area contributed by atoms with Crippen LogP contribution < -0.4 is 10.6 Å². The summed E-state index contributed by atoms with van der Waals surface area (Å²) in [6.45, 7) is 6.00. The molecule has 124 valence electrons. The van der Waals surface area contributed by atoms with Crippen LogP contribution in [0.4, 0.5) is 0 Å². The lowest BCUT2D eigenvalue weighted by molar-refractivity contribution is 0.418. The van der Waals surface area contributed by atoms with Gasteiger partial charge in [0.2, 0.25) is 0 Å². The Kier molecular flexibility index (Phi) is 7.09. The molecular weight excluding hydrogens is 294 g/mol. The zero-order valence-electron chi connectivity index (χ0n) is 14.0. The highest BCUT2D eigenvalue weighted by Crippen LogP contribution is 2.28. The Morgan fingerprint density at radius 3 is 3.05 bits per heavy atom. The maximum absolute atomic E-state index is 4.35. The molecule has 5 nitrogen and oxygen atoms in total. The van der Waals surface area contributed by atoms with Crippen LogP contribution in [0.25, 0.3) is 0 Å². The summed E-state index contributed by atoms with van der Waals surface area (Å²) in [7, 11) is 1.84. The second-order valence-corrected chi connectivity index (χ2v) is 7.44. The van der Waals surface area contributed by atoms with E-state index < -0.39 is 0 Å². The Balaban J connectivity index is 1.72. The average molecular weight is 324 g/mol. The number of hydrogen-bond acceptors (Lipinski definition) is 3. The van der Waals surface area contributed by atoms with Gasteiger partial charge in [0.1, 0.15) is 0 Å². The Morgan fingerprint density at radius 2 is 2.36 bits per heavy atom. The molecule has 2 unspecified atom stereocenters. The third-order valence-electron chi connectivity index (χ3n) is 3.99. The molecule has 0 amide bonds. The first-order valence-corrected chi connectivity index (χ1v) is 9.34. The normalized spacial score (nSPS) is 22.6. The van der Waals surface area contributed by atoms with Gasteiger partial charge in [0, 0.05) is 31.1 Å². The molecule has 2 atom stereocenters. The largest absolute Gasteiger partial charge is 0.355 e. The third-order valence-corrected chi connectivity index (χ3v) is 5.22. The van der Waals surface area contributed by atoms with Crippen molar-refractivity contribution in [2.75, 3.05) is 19.3 Å². The van der Waals surface area contributed by atoms with E-state index >= 15 is 0 Å². The van der Waals surface area contributed by atoms with Gasteiger partial charge < -0.3 is 10.6 Å². The molecule has 0 aliphatic heterocycles. The number of rotatable bonds is 6. The Morgan fingerprint density at radius 1 is 1.50 bits per heavy atom. The third kappa shape index (κ3) is 5.55. The second-order valence-electron chi connectivity index (χ2n) is 5.86. The van der Waals surface area contributed by atoms with Gasteiger partial charge in [-0.1, -0.05) is 13.3 Å². The standard InChI is InChI=1S/C16H29N5S/c1-4-22-15-7-5-6-14(10-15)20-16(17-3)18-8-9-21-12-13(2)11-19-21/h11-12,14-15H,4-10H2,1-3H3,(H2,17,18,20). The van der Waals surface area contributed by atoms with Crippen LogP contribution in [-0.2, 0) is 6.54 Å². The monoisotopic (exact) mass is 323 g/mol. The van der Waals surface area contributed by atoms with Crippen molar-refractivity contribution < 1.29 is 0 Å². The van der Waals surface area contributed by atoms with E-state index in [9.17, 15) is 0 Å². The quantitative estimate of drug-likeness (QED) is 0.623. The number of guanidine groups is 1. The molecule has 1 heterocycles. The maximum Gasteiger partial charge on any atom is 0.191 e. The summed E-state index contributed by atoms with van der Waals surface area (Å²) in [5.74, 6) is 2.13. The first-order valence-electron chi connectivity index (χ1n) is 8.29. The second kappa shape index (κ2) is 9.08. The fourth-order valence-electron chi connectivity index (χ4n) is 2.93. The van der Waals surface area contributed by atoms with Crippen LogP contribution >= 0.6 is 11.8 Å². The topological polar surface area (TPSA) is 54.2 Å². The molecule has 1 saturated carbocycles. The molecule has 2 N–H and O–H groups in total. The summed E-state index contributed by atoms with van der Waals surface area (Å²) < 4.78 is 1.96. The van der Waals surface area contributed by atoms with Gasteiger partial charge in [-0.15, -0.1) is 0 Å². The van der Waals surface area contributed by atoms with E-state index in [1.54, 1.807) is 0 Å². The van der Waals surface area contributed by atoms with E-state index in [0.29, 0.717) is 6.04 Å². The van der Waals surface area contributed by atoms with E-state index in [4.69, 9.17) is 0 Å². The van der Waals surface area contributed by atoms with Crippen molar-refractivity contribution in [2.45, 2.75) is 57.4 Å². The number of aliphatic imine (C=N–C) groups is 1. The summed E-state index contributed by atoms with van der Waals surface area (Å²) >= 11 is 2.10. The van der Waals surface area contributed by atoms with Gasteiger partial charge in [-0.3, -0.25) is 9.67 Å². The lowest BCUT2D eigenvalue weighted by atomic mass is 9.95. The number of nitrogens with zero attached hydrogens (tertiary/aromatic N) is 3. The van der Waals surface area contributed by atoms with Gasteiger partial charge in [0.05, 0.1) is 12.7 Å². The molecule has 1 fully saturated rings. The van der Waals surface area contributed by atoms with Crippen molar-refractivity contribution in [1.82, 2.24) is 20.4 Å². The van der Waals surface area contributed by atoms with Crippen LogP contribution in [-0.4, -0.2) is 46.4 Å². The molecule has 1 aliphatic carbocycles. The predicted molar refractivity (Wildman–Crippen MR) is 95.6 cm³/mol. The van der Waals surface area contributed by atoms with Crippen LogP contribution in [0, 0.1) is 6.92 Å². The molecule has 0 saturated heterocycles. The lowest BCUT2D eigenvalue weighted by Gasteiger charge is -2.30. The summed E-state index contributed by atoms with van der Waals surface area (Å²) in [6, 6.07) is 0.552. The smallest absolute Gasteiger partial charge is 0.191 e. The Labute approximate surface area is 138 Å².